The average molecular weight is 437 g/mol. The molecular weight excluding hydrogens is 412 g/mol. The number of carbonyl (C=O) groups is 1. The number of thiazole rings is 1. The van der Waals surface area contributed by atoms with Crippen LogP contribution in [0.15, 0.2) is 53.5 Å². The first-order valence-electron chi connectivity index (χ1n) is 10.2. The number of aromatic nitrogens is 2. The first kappa shape index (κ1) is 20.9. The number of amides is 2. The highest BCUT2D eigenvalue weighted by atomic mass is 32.1. The summed E-state index contributed by atoms with van der Waals surface area (Å²) in [5.41, 5.74) is 1.30. The molecule has 0 spiro atoms. The number of benzene rings is 2. The molecule has 2 N–H and O–H groups in total. The molecule has 0 bridgehead atoms. The predicted molar refractivity (Wildman–Crippen MR) is 126 cm³/mol. The summed E-state index contributed by atoms with van der Waals surface area (Å²) in [4.78, 5) is 30.0. The van der Waals surface area contributed by atoms with Crippen molar-refractivity contribution in [2.75, 3.05) is 17.2 Å². The topological polar surface area (TPSA) is 85.2 Å². The van der Waals surface area contributed by atoms with Crippen molar-refractivity contribution in [2.45, 2.75) is 27.3 Å². The van der Waals surface area contributed by atoms with Crippen LogP contribution in [0.3, 0.4) is 0 Å². The van der Waals surface area contributed by atoms with Crippen LogP contribution >= 0.6 is 11.3 Å². The first-order chi connectivity index (χ1) is 14.9. The number of fused-ring (bicyclic) bond motifs is 2. The van der Waals surface area contributed by atoms with Gasteiger partial charge in [-0.25, -0.2) is 9.78 Å². The van der Waals surface area contributed by atoms with Crippen LogP contribution < -0.4 is 20.9 Å². The number of hydrogen-bond acceptors (Lipinski definition) is 5. The molecule has 0 aliphatic carbocycles. The summed E-state index contributed by atoms with van der Waals surface area (Å²) in [6.07, 6.45) is 1.71. The van der Waals surface area contributed by atoms with Gasteiger partial charge in [-0.1, -0.05) is 43.4 Å². The molecular formula is C23H24N4O3S. The Labute approximate surface area is 183 Å². The number of rotatable bonds is 6. The van der Waals surface area contributed by atoms with E-state index in [0.717, 1.165) is 16.0 Å². The van der Waals surface area contributed by atoms with E-state index in [4.69, 9.17) is 4.74 Å². The average Bonchev–Trinajstić information content (AvgIpc) is 3.12. The minimum absolute atomic E-state index is 0.0634. The van der Waals surface area contributed by atoms with Gasteiger partial charge in [0.1, 0.15) is 5.75 Å². The molecule has 0 saturated carbocycles. The van der Waals surface area contributed by atoms with Crippen molar-refractivity contribution in [3.05, 3.63) is 59.0 Å². The molecule has 4 aromatic rings. The summed E-state index contributed by atoms with van der Waals surface area (Å²) in [6, 6.07) is 12.5. The molecule has 0 aliphatic rings. The fourth-order valence-electron chi connectivity index (χ4n) is 3.44. The van der Waals surface area contributed by atoms with Gasteiger partial charge in [0, 0.05) is 23.5 Å². The van der Waals surface area contributed by atoms with E-state index in [1.54, 1.807) is 16.8 Å². The van der Waals surface area contributed by atoms with Gasteiger partial charge in [-0.2, -0.15) is 0 Å². The molecule has 2 heterocycles. The van der Waals surface area contributed by atoms with Gasteiger partial charge in [0.15, 0.2) is 5.13 Å². The van der Waals surface area contributed by atoms with Gasteiger partial charge < -0.3 is 14.6 Å². The van der Waals surface area contributed by atoms with Crippen LogP contribution in [-0.2, 0) is 6.54 Å². The number of carbonyl (C=O) groups excluding carboxylic acids is 1. The van der Waals surface area contributed by atoms with Crippen molar-refractivity contribution in [1.29, 1.82) is 0 Å². The fraction of sp³-hybridized carbons (Fsp3) is 0.261. The van der Waals surface area contributed by atoms with Gasteiger partial charge in [0.25, 0.3) is 5.56 Å². The van der Waals surface area contributed by atoms with E-state index in [-0.39, 0.29) is 5.56 Å². The Hall–Kier alpha value is -3.39. The zero-order valence-electron chi connectivity index (χ0n) is 17.6. The first-order valence-corrected chi connectivity index (χ1v) is 11.0. The molecule has 0 unspecified atom stereocenters. The summed E-state index contributed by atoms with van der Waals surface area (Å²) in [5.74, 6) is 1.07. The molecule has 0 fully saturated rings. The van der Waals surface area contributed by atoms with Crippen LogP contribution in [0.2, 0.25) is 0 Å². The second kappa shape index (κ2) is 8.77. The third kappa shape index (κ3) is 4.54. The molecule has 7 nitrogen and oxygen atoms in total. The molecule has 8 heteroatoms. The smallest absolute Gasteiger partial charge is 0.325 e. The maximum absolute atomic E-state index is 12.8. The van der Waals surface area contributed by atoms with Crippen molar-refractivity contribution in [3.8, 4) is 5.75 Å². The highest BCUT2D eigenvalue weighted by molar-refractivity contribution is 7.22. The number of nitrogens with zero attached hydrogens (tertiary/aromatic N) is 2. The number of hydrogen-bond donors (Lipinski definition) is 2. The maximum Gasteiger partial charge on any atom is 0.325 e. The fourth-order valence-corrected chi connectivity index (χ4v) is 4.33. The zero-order valence-corrected chi connectivity index (χ0v) is 18.5. The Bertz CT molecular complexity index is 1310. The Morgan fingerprint density at radius 3 is 2.68 bits per heavy atom. The van der Waals surface area contributed by atoms with E-state index in [1.807, 2.05) is 57.2 Å². The lowest BCUT2D eigenvalue weighted by Crippen LogP contribution is -2.25. The lowest BCUT2D eigenvalue weighted by atomic mass is 10.1. The van der Waals surface area contributed by atoms with Gasteiger partial charge in [0.05, 0.1) is 22.5 Å². The van der Waals surface area contributed by atoms with Gasteiger partial charge >= 0.3 is 6.03 Å². The SMILES string of the molecule is CCOc1ccc2nc(NC(=O)Nc3cn(CC(C)C)c(=O)c4ccccc34)sc2c1. The van der Waals surface area contributed by atoms with E-state index in [2.05, 4.69) is 15.6 Å². The normalized spacial score (nSPS) is 11.2. The molecule has 2 amide bonds. The second-order valence-electron chi connectivity index (χ2n) is 7.60. The summed E-state index contributed by atoms with van der Waals surface area (Å²) in [5, 5.41) is 7.45. The molecule has 2 aromatic carbocycles. The van der Waals surface area contributed by atoms with E-state index >= 15 is 0 Å². The molecule has 0 aliphatic heterocycles. The van der Waals surface area contributed by atoms with Crippen LogP contribution in [0, 0.1) is 5.92 Å². The number of nitrogens with one attached hydrogen (secondary N) is 2. The third-order valence-electron chi connectivity index (χ3n) is 4.69. The molecule has 2 aromatic heterocycles. The van der Waals surface area contributed by atoms with Crippen LogP contribution in [-0.4, -0.2) is 22.2 Å². The summed E-state index contributed by atoms with van der Waals surface area (Å²) < 4.78 is 8.10. The monoisotopic (exact) mass is 436 g/mol. The summed E-state index contributed by atoms with van der Waals surface area (Å²) in [6.45, 7) is 7.18. The Balaban J connectivity index is 1.60. The van der Waals surface area contributed by atoms with Gasteiger partial charge in [-0.05, 0) is 37.1 Å². The largest absolute Gasteiger partial charge is 0.494 e. The molecule has 0 radical (unpaired) electrons. The van der Waals surface area contributed by atoms with E-state index in [1.165, 1.54) is 11.3 Å². The standard InChI is InChI=1S/C23H24N4O3S/c1-4-30-15-9-10-18-20(11-15)31-23(25-18)26-22(29)24-19-13-27(12-14(2)3)21(28)17-8-6-5-7-16(17)19/h5-11,13-14H,4,12H2,1-3H3,(H2,24,25,26,29). The molecule has 31 heavy (non-hydrogen) atoms. The van der Waals surface area contributed by atoms with Crippen LogP contribution in [0.1, 0.15) is 20.8 Å². The van der Waals surface area contributed by atoms with Crippen LogP contribution in [0.4, 0.5) is 15.6 Å². The van der Waals surface area contributed by atoms with Crippen molar-refractivity contribution in [3.63, 3.8) is 0 Å². The van der Waals surface area contributed by atoms with Crippen molar-refractivity contribution in [1.82, 2.24) is 9.55 Å². The van der Waals surface area contributed by atoms with Crippen LogP contribution in [0.25, 0.3) is 21.0 Å². The highest BCUT2D eigenvalue weighted by Gasteiger charge is 2.13. The highest BCUT2D eigenvalue weighted by Crippen LogP contribution is 2.29. The quantitative estimate of drug-likeness (QED) is 0.429. The van der Waals surface area contributed by atoms with Gasteiger partial charge in [-0.15, -0.1) is 0 Å². The minimum Gasteiger partial charge on any atom is -0.494 e. The second-order valence-corrected chi connectivity index (χ2v) is 8.63. The van der Waals surface area contributed by atoms with E-state index < -0.39 is 6.03 Å². The number of pyridine rings is 1. The van der Waals surface area contributed by atoms with Gasteiger partial charge in [0.2, 0.25) is 0 Å². The van der Waals surface area contributed by atoms with Crippen molar-refractivity contribution < 1.29 is 9.53 Å². The molecule has 0 saturated heterocycles. The maximum atomic E-state index is 12.8. The molecule has 4 rings (SSSR count). The molecule has 0 atom stereocenters. The number of urea groups is 1. The zero-order chi connectivity index (χ0) is 22.0. The number of ether oxygens (including phenoxy) is 1. The van der Waals surface area contributed by atoms with Crippen molar-refractivity contribution in [2.24, 2.45) is 5.92 Å². The number of anilines is 2. The van der Waals surface area contributed by atoms with E-state index in [9.17, 15) is 9.59 Å². The molecule has 160 valence electrons. The lowest BCUT2D eigenvalue weighted by Gasteiger charge is -2.14. The Kier molecular flexibility index (Phi) is 5.90. The van der Waals surface area contributed by atoms with Crippen LogP contribution in [0.5, 0.6) is 5.75 Å². The summed E-state index contributed by atoms with van der Waals surface area (Å²) in [7, 11) is 0. The van der Waals surface area contributed by atoms with Crippen molar-refractivity contribution >= 4 is 49.2 Å². The predicted octanol–water partition coefficient (Wildman–Crippen LogP) is 5.31. The summed E-state index contributed by atoms with van der Waals surface area (Å²) >= 11 is 1.38. The Morgan fingerprint density at radius 1 is 1.16 bits per heavy atom. The van der Waals surface area contributed by atoms with Gasteiger partial charge in [-0.3, -0.25) is 10.1 Å². The lowest BCUT2D eigenvalue weighted by molar-refractivity contribution is 0.262. The third-order valence-corrected chi connectivity index (χ3v) is 5.63. The Morgan fingerprint density at radius 2 is 1.94 bits per heavy atom. The minimum atomic E-state index is -0.413. The van der Waals surface area contributed by atoms with E-state index in [0.29, 0.717) is 40.7 Å².